The van der Waals surface area contributed by atoms with Crippen LogP contribution in [0.5, 0.6) is 5.75 Å². The molecule has 0 aromatic heterocycles. The normalized spacial score (nSPS) is 15.3. The topological polar surface area (TPSA) is 95.5 Å². The maximum Gasteiger partial charge on any atom is 0.251 e. The highest BCUT2D eigenvalue weighted by molar-refractivity contribution is 7.89. The molecule has 1 saturated carbocycles. The molecule has 1 aromatic rings. The van der Waals surface area contributed by atoms with Gasteiger partial charge in [-0.05, 0) is 37.0 Å². The van der Waals surface area contributed by atoms with E-state index in [1.807, 2.05) is 0 Å². The number of sulfonamides is 1. The number of carbonyl (C=O) groups is 1. The molecule has 6 nitrogen and oxygen atoms in total. The summed E-state index contributed by atoms with van der Waals surface area (Å²) in [6.45, 7) is 0.487. The monoisotopic (exact) mass is 346 g/mol. The Bertz CT molecular complexity index is 644. The van der Waals surface area contributed by atoms with E-state index >= 15 is 0 Å². The summed E-state index contributed by atoms with van der Waals surface area (Å²) in [6.07, 6.45) is 3.30. The second kappa shape index (κ2) is 7.30. The highest BCUT2D eigenvalue weighted by Gasteiger charge is 2.20. The number of rotatable bonds is 7. The molecule has 0 saturated heterocycles. The van der Waals surface area contributed by atoms with E-state index in [9.17, 15) is 18.3 Å². The lowest BCUT2D eigenvalue weighted by Crippen LogP contribution is -2.37. The summed E-state index contributed by atoms with van der Waals surface area (Å²) >= 11 is 5.72. The van der Waals surface area contributed by atoms with Crippen LogP contribution in [0.4, 0.5) is 0 Å². The molecule has 3 N–H and O–H groups in total. The van der Waals surface area contributed by atoms with Crippen LogP contribution in [0.2, 0.25) is 5.02 Å². The third-order valence-electron chi connectivity index (χ3n) is 3.68. The first-order valence-corrected chi connectivity index (χ1v) is 9.14. The molecule has 1 aromatic carbocycles. The number of nitrogens with one attached hydrogen (secondary N) is 2. The Balaban J connectivity index is 1.76. The van der Waals surface area contributed by atoms with Crippen molar-refractivity contribution in [2.75, 3.05) is 18.8 Å². The first-order chi connectivity index (χ1) is 10.4. The SMILES string of the molecule is O=C(NCCS(=O)(=O)NCC1CCC1)c1ccc(O)c(Cl)c1. The molecular formula is C14H19ClN2O4S. The zero-order valence-electron chi connectivity index (χ0n) is 12.0. The highest BCUT2D eigenvalue weighted by Crippen LogP contribution is 2.25. The third kappa shape index (κ3) is 4.86. The molecule has 0 aliphatic heterocycles. The summed E-state index contributed by atoms with van der Waals surface area (Å²) in [7, 11) is -3.38. The van der Waals surface area contributed by atoms with Crippen LogP contribution in [0.1, 0.15) is 29.6 Å². The van der Waals surface area contributed by atoms with E-state index in [1.54, 1.807) is 0 Å². The molecule has 0 bridgehead atoms. The first kappa shape index (κ1) is 17.1. The molecule has 22 heavy (non-hydrogen) atoms. The zero-order valence-corrected chi connectivity index (χ0v) is 13.6. The fraction of sp³-hybridized carbons (Fsp3) is 0.500. The van der Waals surface area contributed by atoms with E-state index in [1.165, 1.54) is 18.2 Å². The molecule has 0 heterocycles. The van der Waals surface area contributed by atoms with Gasteiger partial charge in [0.1, 0.15) is 5.75 Å². The van der Waals surface area contributed by atoms with E-state index in [-0.39, 0.29) is 28.6 Å². The molecule has 1 amide bonds. The van der Waals surface area contributed by atoms with Gasteiger partial charge in [-0.1, -0.05) is 18.0 Å². The molecule has 2 rings (SSSR count). The maximum absolute atomic E-state index is 11.8. The van der Waals surface area contributed by atoms with Gasteiger partial charge in [0.2, 0.25) is 10.0 Å². The Kier molecular flexibility index (Phi) is 5.66. The number of phenolic OH excluding ortho intramolecular Hbond substituents is 1. The molecule has 122 valence electrons. The van der Waals surface area contributed by atoms with Crippen molar-refractivity contribution in [2.24, 2.45) is 5.92 Å². The molecular weight excluding hydrogens is 328 g/mol. The van der Waals surface area contributed by atoms with Crippen LogP contribution in [0.15, 0.2) is 18.2 Å². The van der Waals surface area contributed by atoms with E-state index in [4.69, 9.17) is 11.6 Å². The first-order valence-electron chi connectivity index (χ1n) is 7.11. The summed E-state index contributed by atoms with van der Waals surface area (Å²) in [4.78, 5) is 11.8. The molecule has 0 radical (unpaired) electrons. The highest BCUT2D eigenvalue weighted by atomic mass is 35.5. The number of benzene rings is 1. The Morgan fingerprint density at radius 1 is 1.36 bits per heavy atom. The lowest BCUT2D eigenvalue weighted by molar-refractivity contribution is 0.0956. The number of carbonyl (C=O) groups excluding carboxylic acids is 1. The van der Waals surface area contributed by atoms with Crippen LogP contribution in [-0.4, -0.2) is 38.3 Å². The standard InChI is InChI=1S/C14H19ClN2O4S/c15-12-8-11(4-5-13(12)18)14(19)16-6-7-22(20,21)17-9-10-2-1-3-10/h4-5,8,10,17-18H,1-3,6-7,9H2,(H,16,19). The summed E-state index contributed by atoms with van der Waals surface area (Å²) in [5.41, 5.74) is 0.266. The van der Waals surface area contributed by atoms with Crippen molar-refractivity contribution < 1.29 is 18.3 Å². The van der Waals surface area contributed by atoms with Crippen molar-refractivity contribution >= 4 is 27.5 Å². The van der Waals surface area contributed by atoms with Gasteiger partial charge in [-0.2, -0.15) is 0 Å². The van der Waals surface area contributed by atoms with E-state index in [0.29, 0.717) is 12.5 Å². The predicted molar refractivity (Wildman–Crippen MR) is 84.6 cm³/mol. The summed E-state index contributed by atoms with van der Waals surface area (Å²) < 4.78 is 26.1. The lowest BCUT2D eigenvalue weighted by atomic mass is 9.86. The lowest BCUT2D eigenvalue weighted by Gasteiger charge is -2.25. The van der Waals surface area contributed by atoms with E-state index in [2.05, 4.69) is 10.0 Å². The van der Waals surface area contributed by atoms with Crippen LogP contribution >= 0.6 is 11.6 Å². The largest absolute Gasteiger partial charge is 0.506 e. The van der Waals surface area contributed by atoms with Crippen molar-refractivity contribution in [3.8, 4) is 5.75 Å². The average Bonchev–Trinajstić information content (AvgIpc) is 2.39. The minimum Gasteiger partial charge on any atom is -0.506 e. The van der Waals surface area contributed by atoms with Crippen molar-refractivity contribution in [3.63, 3.8) is 0 Å². The van der Waals surface area contributed by atoms with Gasteiger partial charge >= 0.3 is 0 Å². The minimum atomic E-state index is -3.38. The van der Waals surface area contributed by atoms with Crippen LogP contribution in [0.3, 0.4) is 0 Å². The van der Waals surface area contributed by atoms with Gasteiger partial charge in [0.25, 0.3) is 5.91 Å². The van der Waals surface area contributed by atoms with Crippen LogP contribution in [0.25, 0.3) is 0 Å². The number of phenols is 1. The van der Waals surface area contributed by atoms with Crippen LogP contribution in [0, 0.1) is 5.92 Å². The van der Waals surface area contributed by atoms with Gasteiger partial charge in [0.15, 0.2) is 0 Å². The maximum atomic E-state index is 11.8. The van der Waals surface area contributed by atoms with Gasteiger partial charge < -0.3 is 10.4 Å². The second-order valence-electron chi connectivity index (χ2n) is 5.39. The number of aromatic hydroxyl groups is 1. The second-order valence-corrected chi connectivity index (χ2v) is 7.72. The molecule has 1 aliphatic rings. The predicted octanol–water partition coefficient (Wildman–Crippen LogP) is 1.49. The van der Waals surface area contributed by atoms with Gasteiger partial charge in [-0.3, -0.25) is 4.79 Å². The number of halogens is 1. The number of amides is 1. The third-order valence-corrected chi connectivity index (χ3v) is 5.33. The van der Waals surface area contributed by atoms with E-state index in [0.717, 1.165) is 19.3 Å². The zero-order chi connectivity index (χ0) is 16.2. The van der Waals surface area contributed by atoms with Crippen molar-refractivity contribution in [2.45, 2.75) is 19.3 Å². The molecule has 1 aliphatic carbocycles. The summed E-state index contributed by atoms with van der Waals surface area (Å²) in [5.74, 6) is -0.266. The number of hydrogen-bond donors (Lipinski definition) is 3. The molecule has 8 heteroatoms. The van der Waals surface area contributed by atoms with Crippen molar-refractivity contribution in [3.05, 3.63) is 28.8 Å². The van der Waals surface area contributed by atoms with Gasteiger partial charge in [-0.15, -0.1) is 0 Å². The van der Waals surface area contributed by atoms with Crippen molar-refractivity contribution in [1.82, 2.24) is 10.0 Å². The van der Waals surface area contributed by atoms with Crippen LogP contribution < -0.4 is 10.0 Å². The van der Waals surface area contributed by atoms with Gasteiger partial charge in [-0.25, -0.2) is 13.1 Å². The van der Waals surface area contributed by atoms with Gasteiger partial charge in [0, 0.05) is 18.7 Å². The molecule has 0 unspecified atom stereocenters. The van der Waals surface area contributed by atoms with Gasteiger partial charge in [0.05, 0.1) is 10.8 Å². The Morgan fingerprint density at radius 2 is 2.09 bits per heavy atom. The fourth-order valence-electron chi connectivity index (χ4n) is 2.06. The molecule has 0 spiro atoms. The fourth-order valence-corrected chi connectivity index (χ4v) is 3.25. The molecule has 0 atom stereocenters. The summed E-state index contributed by atoms with van der Waals surface area (Å²) in [5, 5.41) is 11.9. The Morgan fingerprint density at radius 3 is 2.68 bits per heavy atom. The summed E-state index contributed by atoms with van der Waals surface area (Å²) in [6, 6.07) is 4.06. The van der Waals surface area contributed by atoms with E-state index < -0.39 is 15.9 Å². The van der Waals surface area contributed by atoms with Crippen molar-refractivity contribution in [1.29, 1.82) is 0 Å². The average molecular weight is 347 g/mol. The Hall–Kier alpha value is -1.31. The minimum absolute atomic E-state index is 0.0112. The van der Waals surface area contributed by atoms with Crippen LogP contribution in [-0.2, 0) is 10.0 Å². The quantitative estimate of drug-likeness (QED) is 0.697. The molecule has 1 fully saturated rings. The number of hydrogen-bond acceptors (Lipinski definition) is 4. The smallest absolute Gasteiger partial charge is 0.251 e. The Labute approximate surface area is 134 Å².